The minimum Gasteiger partial charge on any atom is -0.310 e. The van der Waals surface area contributed by atoms with Gasteiger partial charge in [-0.1, -0.05) is 6.92 Å². The highest BCUT2D eigenvalue weighted by atomic mass is 19.2. The molecule has 0 aliphatic carbocycles. The van der Waals surface area contributed by atoms with Gasteiger partial charge in [-0.2, -0.15) is 5.10 Å². The summed E-state index contributed by atoms with van der Waals surface area (Å²) >= 11 is 0. The van der Waals surface area contributed by atoms with Gasteiger partial charge in [0.25, 0.3) is 0 Å². The van der Waals surface area contributed by atoms with Crippen LogP contribution in [0.2, 0.25) is 0 Å². The van der Waals surface area contributed by atoms with Crippen molar-refractivity contribution in [2.45, 2.75) is 26.3 Å². The third-order valence-electron chi connectivity index (χ3n) is 3.37. The summed E-state index contributed by atoms with van der Waals surface area (Å²) < 4.78 is 41.6. The second-order valence-corrected chi connectivity index (χ2v) is 5.01. The third-order valence-corrected chi connectivity index (χ3v) is 3.37. The molecule has 0 fully saturated rings. The first-order chi connectivity index (χ1) is 9.92. The molecule has 0 saturated heterocycles. The SMILES string of the molecule is CCNC(Cc1cc(C)nn1C)c1cc(F)c(F)c(F)c1. The minimum absolute atomic E-state index is 0.311. The van der Waals surface area contributed by atoms with Crippen LogP contribution in [0.3, 0.4) is 0 Å². The van der Waals surface area contributed by atoms with Crippen LogP contribution < -0.4 is 5.32 Å². The Bertz CT molecular complexity index is 614. The highest BCUT2D eigenvalue weighted by molar-refractivity contribution is 5.25. The molecule has 21 heavy (non-hydrogen) atoms. The Hall–Kier alpha value is -1.82. The van der Waals surface area contributed by atoms with E-state index in [1.807, 2.05) is 27.0 Å². The van der Waals surface area contributed by atoms with E-state index in [4.69, 9.17) is 0 Å². The summed E-state index contributed by atoms with van der Waals surface area (Å²) in [7, 11) is 1.82. The van der Waals surface area contributed by atoms with Gasteiger partial charge < -0.3 is 5.32 Å². The van der Waals surface area contributed by atoms with Crippen molar-refractivity contribution in [3.63, 3.8) is 0 Å². The summed E-state index contributed by atoms with van der Waals surface area (Å²) in [6.45, 7) is 4.41. The van der Waals surface area contributed by atoms with Crippen molar-refractivity contribution in [1.82, 2.24) is 15.1 Å². The van der Waals surface area contributed by atoms with Crippen LogP contribution >= 0.6 is 0 Å². The van der Waals surface area contributed by atoms with Gasteiger partial charge in [0.2, 0.25) is 0 Å². The summed E-state index contributed by atoms with van der Waals surface area (Å²) in [6.07, 6.45) is 0.510. The zero-order valence-electron chi connectivity index (χ0n) is 12.3. The molecule has 2 aromatic rings. The first-order valence-electron chi connectivity index (χ1n) is 6.79. The third kappa shape index (κ3) is 3.44. The molecule has 1 N–H and O–H groups in total. The van der Waals surface area contributed by atoms with Gasteiger partial charge in [0.1, 0.15) is 0 Å². The number of hydrogen-bond donors (Lipinski definition) is 1. The average molecular weight is 297 g/mol. The molecule has 0 radical (unpaired) electrons. The van der Waals surface area contributed by atoms with Crippen LogP contribution in [-0.4, -0.2) is 16.3 Å². The van der Waals surface area contributed by atoms with Crippen molar-refractivity contribution >= 4 is 0 Å². The van der Waals surface area contributed by atoms with E-state index in [0.29, 0.717) is 18.5 Å². The zero-order valence-corrected chi connectivity index (χ0v) is 12.3. The lowest BCUT2D eigenvalue weighted by atomic mass is 10.0. The van der Waals surface area contributed by atoms with Crippen LogP contribution in [-0.2, 0) is 13.5 Å². The molecule has 1 unspecified atom stereocenters. The van der Waals surface area contributed by atoms with Gasteiger partial charge in [-0.3, -0.25) is 4.68 Å². The van der Waals surface area contributed by atoms with Gasteiger partial charge in [0.15, 0.2) is 17.5 Å². The van der Waals surface area contributed by atoms with Crippen LogP contribution in [0.25, 0.3) is 0 Å². The topological polar surface area (TPSA) is 29.9 Å². The van der Waals surface area contributed by atoms with Crippen molar-refractivity contribution in [1.29, 1.82) is 0 Å². The molecule has 3 nitrogen and oxygen atoms in total. The van der Waals surface area contributed by atoms with Crippen molar-refractivity contribution in [3.8, 4) is 0 Å². The molecule has 2 rings (SSSR count). The first-order valence-corrected chi connectivity index (χ1v) is 6.79. The normalized spacial score (nSPS) is 12.7. The molecule has 1 atom stereocenters. The van der Waals surface area contributed by atoms with Crippen LogP contribution in [0, 0.1) is 24.4 Å². The largest absolute Gasteiger partial charge is 0.310 e. The second-order valence-electron chi connectivity index (χ2n) is 5.01. The van der Waals surface area contributed by atoms with E-state index in [1.165, 1.54) is 0 Å². The summed E-state index contributed by atoms with van der Waals surface area (Å²) in [4.78, 5) is 0. The molecule has 1 aromatic carbocycles. The maximum Gasteiger partial charge on any atom is 0.194 e. The van der Waals surface area contributed by atoms with E-state index < -0.39 is 17.5 Å². The molecule has 1 heterocycles. The monoisotopic (exact) mass is 297 g/mol. The van der Waals surface area contributed by atoms with E-state index in [9.17, 15) is 13.2 Å². The van der Waals surface area contributed by atoms with Gasteiger partial charge in [0.05, 0.1) is 5.69 Å². The fourth-order valence-corrected chi connectivity index (χ4v) is 2.39. The summed E-state index contributed by atoms with van der Waals surface area (Å²) in [5, 5.41) is 7.41. The molecule has 0 amide bonds. The lowest BCUT2D eigenvalue weighted by Gasteiger charge is -2.19. The number of aromatic nitrogens is 2. The number of aryl methyl sites for hydroxylation is 2. The lowest BCUT2D eigenvalue weighted by molar-refractivity contribution is 0.438. The zero-order chi connectivity index (χ0) is 15.6. The first kappa shape index (κ1) is 15.6. The van der Waals surface area contributed by atoms with Crippen LogP contribution in [0.15, 0.2) is 18.2 Å². The molecular formula is C15H18F3N3. The van der Waals surface area contributed by atoms with E-state index in [2.05, 4.69) is 10.4 Å². The Kier molecular flexibility index (Phi) is 4.67. The Labute approximate surface area is 121 Å². The Balaban J connectivity index is 2.33. The van der Waals surface area contributed by atoms with Crippen LogP contribution in [0.1, 0.15) is 29.9 Å². The highest BCUT2D eigenvalue weighted by Gasteiger charge is 2.18. The molecule has 1 aromatic heterocycles. The number of nitrogens with one attached hydrogen (secondary N) is 1. The van der Waals surface area contributed by atoms with E-state index in [1.54, 1.807) is 4.68 Å². The van der Waals surface area contributed by atoms with Crippen LogP contribution in [0.4, 0.5) is 13.2 Å². The molecule has 6 heteroatoms. The molecule has 0 aliphatic heterocycles. The number of likely N-dealkylation sites (N-methyl/N-ethyl adjacent to an activating group) is 1. The van der Waals surface area contributed by atoms with Gasteiger partial charge in [0, 0.05) is 25.2 Å². The maximum atomic E-state index is 13.4. The maximum absolute atomic E-state index is 13.4. The standard InChI is InChI=1S/C15H18F3N3/c1-4-19-14(8-11-5-9(2)20-21(11)3)10-6-12(16)15(18)13(17)7-10/h5-7,14,19H,4,8H2,1-3H3. The summed E-state index contributed by atoms with van der Waals surface area (Å²) in [6, 6.07) is 3.68. The summed E-state index contributed by atoms with van der Waals surface area (Å²) in [5.74, 6) is -3.78. The minimum atomic E-state index is -1.44. The number of benzene rings is 1. The van der Waals surface area contributed by atoms with Gasteiger partial charge in [-0.05, 0) is 37.2 Å². The van der Waals surface area contributed by atoms with Crippen molar-refractivity contribution < 1.29 is 13.2 Å². The number of rotatable bonds is 5. The second kappa shape index (κ2) is 6.30. The van der Waals surface area contributed by atoms with E-state index in [-0.39, 0.29) is 6.04 Å². The van der Waals surface area contributed by atoms with Gasteiger partial charge in [-0.15, -0.1) is 0 Å². The predicted octanol–water partition coefficient (Wildman–Crippen LogP) is 3.04. The van der Waals surface area contributed by atoms with Crippen molar-refractivity contribution in [2.75, 3.05) is 6.54 Å². The molecule has 0 bridgehead atoms. The number of nitrogens with zero attached hydrogens (tertiary/aromatic N) is 2. The van der Waals surface area contributed by atoms with E-state index >= 15 is 0 Å². The van der Waals surface area contributed by atoms with E-state index in [0.717, 1.165) is 23.5 Å². The molecule has 0 spiro atoms. The Morgan fingerprint density at radius 2 is 1.81 bits per heavy atom. The smallest absolute Gasteiger partial charge is 0.194 e. The Morgan fingerprint density at radius 1 is 1.19 bits per heavy atom. The molecular weight excluding hydrogens is 279 g/mol. The molecule has 0 aliphatic rings. The fourth-order valence-electron chi connectivity index (χ4n) is 2.39. The average Bonchev–Trinajstić information content (AvgIpc) is 2.73. The Morgan fingerprint density at radius 3 is 2.29 bits per heavy atom. The highest BCUT2D eigenvalue weighted by Crippen LogP contribution is 2.22. The lowest BCUT2D eigenvalue weighted by Crippen LogP contribution is -2.24. The summed E-state index contributed by atoms with van der Waals surface area (Å²) in [5.41, 5.74) is 2.19. The van der Waals surface area contributed by atoms with Gasteiger partial charge in [-0.25, -0.2) is 13.2 Å². The quantitative estimate of drug-likeness (QED) is 0.860. The van der Waals surface area contributed by atoms with Crippen LogP contribution in [0.5, 0.6) is 0 Å². The number of halogens is 3. The number of hydrogen-bond acceptors (Lipinski definition) is 2. The van der Waals surface area contributed by atoms with Crippen molar-refractivity contribution in [2.24, 2.45) is 7.05 Å². The van der Waals surface area contributed by atoms with Crippen molar-refractivity contribution in [3.05, 3.63) is 52.6 Å². The van der Waals surface area contributed by atoms with Gasteiger partial charge >= 0.3 is 0 Å². The fraction of sp³-hybridized carbons (Fsp3) is 0.400. The molecule has 0 saturated carbocycles. The predicted molar refractivity (Wildman–Crippen MR) is 74.4 cm³/mol. The molecule has 114 valence electrons.